The minimum Gasteiger partial charge on any atom is -0.292 e. The van der Waals surface area contributed by atoms with E-state index in [0.717, 1.165) is 99.9 Å². The Labute approximate surface area is 364 Å². The van der Waals surface area contributed by atoms with Gasteiger partial charge in [0, 0.05) is 44.1 Å². The Morgan fingerprint density at radius 1 is 0.286 bits per heavy atom. The molecule has 0 atom stereocenters. The Morgan fingerprint density at radius 3 is 1.40 bits per heavy atom. The molecule has 12 aromatic rings. The first-order valence-corrected chi connectivity index (χ1v) is 21.2. The third kappa shape index (κ3) is 6.42. The Morgan fingerprint density at radius 2 is 0.762 bits per heavy atom. The minimum atomic E-state index is 0.698. The predicted octanol–water partition coefficient (Wildman–Crippen LogP) is 14.7. The minimum absolute atomic E-state index is 0.698. The molecule has 0 saturated heterocycles. The van der Waals surface area contributed by atoms with Gasteiger partial charge in [-0.2, -0.15) is 0 Å². The van der Waals surface area contributed by atoms with Gasteiger partial charge in [0.25, 0.3) is 0 Å². The summed E-state index contributed by atoms with van der Waals surface area (Å²) in [5, 5.41) is 4.30. The molecule has 5 nitrogen and oxygen atoms in total. The molecule has 3 aromatic heterocycles. The maximum atomic E-state index is 5.45. The number of fused-ring (bicyclic) bond motifs is 6. The molecule has 0 fully saturated rings. The van der Waals surface area contributed by atoms with Gasteiger partial charge in [-0.1, -0.05) is 194 Å². The molecule has 0 aliphatic carbocycles. The third-order valence-electron chi connectivity index (χ3n) is 12.0. The van der Waals surface area contributed by atoms with E-state index in [2.05, 4.69) is 205 Å². The second-order valence-electron chi connectivity index (χ2n) is 15.8. The van der Waals surface area contributed by atoms with Gasteiger partial charge in [-0.3, -0.25) is 4.57 Å². The van der Waals surface area contributed by atoms with E-state index < -0.39 is 0 Å². The van der Waals surface area contributed by atoms with Crippen molar-refractivity contribution in [2.24, 2.45) is 0 Å². The topological polar surface area (TPSA) is 56.5 Å². The van der Waals surface area contributed by atoms with Crippen LogP contribution < -0.4 is 0 Å². The highest BCUT2D eigenvalue weighted by molar-refractivity contribution is 6.20. The summed E-state index contributed by atoms with van der Waals surface area (Å²) in [6, 6.07) is 78.4. The second-order valence-corrected chi connectivity index (χ2v) is 15.8. The van der Waals surface area contributed by atoms with Crippen LogP contribution in [0.2, 0.25) is 0 Å². The van der Waals surface area contributed by atoms with Gasteiger partial charge in [-0.05, 0) is 58.0 Å². The molecule has 0 unspecified atom stereocenters. The highest BCUT2D eigenvalue weighted by atomic mass is 15.1. The number of para-hydroxylation sites is 3. The van der Waals surface area contributed by atoms with Crippen molar-refractivity contribution in [3.05, 3.63) is 224 Å². The van der Waals surface area contributed by atoms with Crippen molar-refractivity contribution in [1.82, 2.24) is 24.5 Å². The number of rotatable bonds is 7. The number of hydrogen-bond acceptors (Lipinski definition) is 4. The monoisotopic (exact) mass is 803 g/mol. The third-order valence-corrected chi connectivity index (χ3v) is 12.0. The molecule has 0 aliphatic heterocycles. The standard InChI is InChI=1S/C58H37N5/c1-4-14-38(15-5-1)39-24-30-42(31-25-39)54-49-21-11-13-23-51(49)60-57(61-54)44-34-28-41(29-35-44)40-26-32-43(33-27-40)55-53-48(47-20-10-12-22-50(47)59-55)36-37-52-56(53)62-58(45-16-6-2-7-17-45)63(52)46-18-8-3-9-19-46/h1-37H. The van der Waals surface area contributed by atoms with Gasteiger partial charge in [0.05, 0.1) is 33.5 Å². The van der Waals surface area contributed by atoms with Crippen molar-refractivity contribution in [2.45, 2.75) is 0 Å². The van der Waals surface area contributed by atoms with Gasteiger partial charge in [-0.15, -0.1) is 0 Å². The normalized spacial score (nSPS) is 11.5. The fourth-order valence-corrected chi connectivity index (χ4v) is 8.92. The summed E-state index contributed by atoms with van der Waals surface area (Å²) < 4.78 is 2.27. The van der Waals surface area contributed by atoms with E-state index in [4.69, 9.17) is 19.9 Å². The predicted molar refractivity (Wildman–Crippen MR) is 260 cm³/mol. The molecule has 63 heavy (non-hydrogen) atoms. The summed E-state index contributed by atoms with van der Waals surface area (Å²) in [4.78, 5) is 21.0. The van der Waals surface area contributed by atoms with Gasteiger partial charge in [0.1, 0.15) is 5.82 Å². The maximum Gasteiger partial charge on any atom is 0.160 e. The molecule has 12 rings (SSSR count). The van der Waals surface area contributed by atoms with Crippen LogP contribution >= 0.6 is 0 Å². The zero-order valence-electron chi connectivity index (χ0n) is 34.1. The summed E-state index contributed by atoms with van der Waals surface area (Å²) in [5.74, 6) is 1.59. The van der Waals surface area contributed by atoms with Crippen molar-refractivity contribution in [3.8, 4) is 73.2 Å². The second kappa shape index (κ2) is 15.2. The molecule has 3 heterocycles. The van der Waals surface area contributed by atoms with Crippen molar-refractivity contribution >= 4 is 43.6 Å². The van der Waals surface area contributed by atoms with Crippen LogP contribution in [0.25, 0.3) is 117 Å². The van der Waals surface area contributed by atoms with Gasteiger partial charge in [0.15, 0.2) is 5.82 Å². The van der Waals surface area contributed by atoms with Gasteiger partial charge < -0.3 is 0 Å². The molecule has 0 N–H and O–H groups in total. The Balaban J connectivity index is 0.926. The van der Waals surface area contributed by atoms with E-state index in [0.29, 0.717) is 5.82 Å². The Bertz CT molecular complexity index is 3620. The molecular formula is C58H37N5. The summed E-state index contributed by atoms with van der Waals surface area (Å²) >= 11 is 0. The molecule has 0 radical (unpaired) electrons. The van der Waals surface area contributed by atoms with E-state index in [-0.39, 0.29) is 0 Å². The number of aromatic nitrogens is 5. The number of hydrogen-bond donors (Lipinski definition) is 0. The van der Waals surface area contributed by atoms with Crippen LogP contribution in [0.5, 0.6) is 0 Å². The van der Waals surface area contributed by atoms with E-state index in [9.17, 15) is 0 Å². The molecule has 0 aliphatic rings. The largest absolute Gasteiger partial charge is 0.292 e. The van der Waals surface area contributed by atoms with E-state index in [1.54, 1.807) is 0 Å². The van der Waals surface area contributed by atoms with Crippen molar-refractivity contribution in [3.63, 3.8) is 0 Å². The van der Waals surface area contributed by atoms with E-state index >= 15 is 0 Å². The van der Waals surface area contributed by atoms with E-state index in [1.165, 1.54) is 11.1 Å². The molecular weight excluding hydrogens is 767 g/mol. The maximum absolute atomic E-state index is 5.45. The summed E-state index contributed by atoms with van der Waals surface area (Å²) in [7, 11) is 0. The fourth-order valence-electron chi connectivity index (χ4n) is 8.92. The Kier molecular flexibility index (Phi) is 8.75. The van der Waals surface area contributed by atoms with E-state index in [1.807, 2.05) is 24.3 Å². The number of nitrogens with zero attached hydrogens (tertiary/aromatic N) is 5. The quantitative estimate of drug-likeness (QED) is 0.151. The summed E-state index contributed by atoms with van der Waals surface area (Å²) in [5.41, 5.74) is 15.4. The van der Waals surface area contributed by atoms with Crippen LogP contribution in [0.4, 0.5) is 0 Å². The van der Waals surface area contributed by atoms with Gasteiger partial charge in [-0.25, -0.2) is 19.9 Å². The molecule has 0 saturated carbocycles. The molecule has 9 aromatic carbocycles. The molecule has 0 spiro atoms. The highest BCUT2D eigenvalue weighted by Crippen LogP contribution is 2.40. The summed E-state index contributed by atoms with van der Waals surface area (Å²) in [6.07, 6.45) is 0. The van der Waals surface area contributed by atoms with Gasteiger partial charge in [0.2, 0.25) is 0 Å². The first-order chi connectivity index (χ1) is 31.2. The summed E-state index contributed by atoms with van der Waals surface area (Å²) in [6.45, 7) is 0. The van der Waals surface area contributed by atoms with Crippen molar-refractivity contribution in [1.29, 1.82) is 0 Å². The first-order valence-electron chi connectivity index (χ1n) is 21.2. The van der Waals surface area contributed by atoms with Crippen LogP contribution in [-0.2, 0) is 0 Å². The fraction of sp³-hybridized carbons (Fsp3) is 0. The lowest BCUT2D eigenvalue weighted by Gasteiger charge is -2.13. The van der Waals surface area contributed by atoms with Crippen molar-refractivity contribution < 1.29 is 0 Å². The lowest BCUT2D eigenvalue weighted by molar-refractivity contribution is 1.10. The SMILES string of the molecule is c1ccc(-c2ccc(-c3nc(-c4ccc(-c5ccc(-c6nc7ccccc7c7ccc8c(nc(-c9ccccc9)n8-c8ccccc8)c67)cc5)cc4)nc4ccccc34)cc2)cc1. The average molecular weight is 804 g/mol. The highest BCUT2D eigenvalue weighted by Gasteiger charge is 2.21. The van der Waals surface area contributed by atoms with Crippen LogP contribution in [0.15, 0.2) is 224 Å². The molecule has 5 heteroatoms. The lowest BCUT2D eigenvalue weighted by atomic mass is 9.96. The zero-order chi connectivity index (χ0) is 41.7. The number of imidazole rings is 1. The smallest absolute Gasteiger partial charge is 0.160 e. The molecule has 0 bridgehead atoms. The number of benzene rings is 9. The zero-order valence-corrected chi connectivity index (χ0v) is 34.1. The average Bonchev–Trinajstić information content (AvgIpc) is 3.77. The molecule has 294 valence electrons. The van der Waals surface area contributed by atoms with Crippen LogP contribution in [-0.4, -0.2) is 24.5 Å². The van der Waals surface area contributed by atoms with Crippen LogP contribution in [0.1, 0.15) is 0 Å². The lowest BCUT2D eigenvalue weighted by Crippen LogP contribution is -1.97. The Hall–Kier alpha value is -8.54. The van der Waals surface area contributed by atoms with Crippen LogP contribution in [0, 0.1) is 0 Å². The first kappa shape index (κ1) is 36.3. The molecule has 0 amide bonds. The van der Waals surface area contributed by atoms with Gasteiger partial charge >= 0.3 is 0 Å². The van der Waals surface area contributed by atoms with Crippen molar-refractivity contribution in [2.75, 3.05) is 0 Å². The number of pyridine rings is 1. The van der Waals surface area contributed by atoms with Crippen LogP contribution in [0.3, 0.4) is 0 Å².